The number of nitrogens with zero attached hydrogens (tertiary/aromatic N) is 2. The van der Waals surface area contributed by atoms with Gasteiger partial charge in [-0.1, -0.05) is 17.7 Å². The van der Waals surface area contributed by atoms with Gasteiger partial charge in [-0.15, -0.1) is 0 Å². The average molecular weight is 435 g/mol. The Hall–Kier alpha value is -3.04. The van der Waals surface area contributed by atoms with E-state index in [4.69, 9.17) is 11.6 Å². The van der Waals surface area contributed by atoms with Crippen LogP contribution in [0.5, 0.6) is 0 Å². The summed E-state index contributed by atoms with van der Waals surface area (Å²) in [6.45, 7) is 2.19. The van der Waals surface area contributed by atoms with Crippen molar-refractivity contribution in [2.24, 2.45) is 0 Å². The first kappa shape index (κ1) is 21.7. The molecule has 2 amide bonds. The average Bonchev–Trinajstić information content (AvgIpc) is 3.04. The van der Waals surface area contributed by atoms with Crippen LogP contribution in [0.3, 0.4) is 0 Å². The first-order valence-electron chi connectivity index (χ1n) is 9.31. The molecule has 1 aliphatic heterocycles. The number of rotatable bonds is 7. The summed E-state index contributed by atoms with van der Waals surface area (Å²) in [7, 11) is 0. The number of benzene rings is 2. The minimum Gasteiger partial charge on any atom is -0.326 e. The molecule has 1 heterocycles. The van der Waals surface area contributed by atoms with Crippen LogP contribution < -0.4 is 15.5 Å². The second-order valence-corrected chi connectivity index (χ2v) is 7.46. The Bertz CT molecular complexity index is 987. The van der Waals surface area contributed by atoms with Gasteiger partial charge in [0.25, 0.3) is 5.69 Å². The van der Waals surface area contributed by atoms with Gasteiger partial charge in [0.2, 0.25) is 11.8 Å². The smallest absolute Gasteiger partial charge is 0.271 e. The Morgan fingerprint density at radius 1 is 1.37 bits per heavy atom. The van der Waals surface area contributed by atoms with E-state index in [1.54, 1.807) is 19.1 Å². The van der Waals surface area contributed by atoms with Gasteiger partial charge in [-0.2, -0.15) is 0 Å². The second kappa shape index (κ2) is 9.19. The molecule has 10 heteroatoms. The van der Waals surface area contributed by atoms with Crippen LogP contribution in [0, 0.1) is 15.9 Å². The minimum atomic E-state index is -0.593. The van der Waals surface area contributed by atoms with E-state index in [1.807, 2.05) is 0 Å². The lowest BCUT2D eigenvalue weighted by molar-refractivity contribution is -0.384. The summed E-state index contributed by atoms with van der Waals surface area (Å²) in [6, 6.07) is 9.06. The number of anilines is 2. The number of carbonyl (C=O) groups excluding carboxylic acids is 2. The predicted molar refractivity (Wildman–Crippen MR) is 111 cm³/mol. The molecule has 2 N–H and O–H groups in total. The molecule has 0 radical (unpaired) electrons. The van der Waals surface area contributed by atoms with Gasteiger partial charge in [0.05, 0.1) is 16.0 Å². The summed E-state index contributed by atoms with van der Waals surface area (Å²) in [5.74, 6) is -1.13. The van der Waals surface area contributed by atoms with E-state index in [1.165, 1.54) is 35.2 Å². The third-order valence-corrected chi connectivity index (χ3v) is 5.04. The van der Waals surface area contributed by atoms with Gasteiger partial charge in [-0.05, 0) is 37.6 Å². The van der Waals surface area contributed by atoms with Crippen molar-refractivity contribution < 1.29 is 18.9 Å². The van der Waals surface area contributed by atoms with E-state index < -0.39 is 16.8 Å². The van der Waals surface area contributed by atoms with Crippen LogP contribution in [0.2, 0.25) is 5.02 Å². The third-order valence-electron chi connectivity index (χ3n) is 4.74. The summed E-state index contributed by atoms with van der Waals surface area (Å²) in [5.41, 5.74) is 0.644. The molecule has 8 nitrogen and oxygen atoms in total. The van der Waals surface area contributed by atoms with E-state index >= 15 is 0 Å². The molecule has 0 unspecified atom stereocenters. The second-order valence-electron chi connectivity index (χ2n) is 7.06. The van der Waals surface area contributed by atoms with Crippen molar-refractivity contribution >= 4 is 40.5 Å². The van der Waals surface area contributed by atoms with Crippen LogP contribution in [-0.4, -0.2) is 35.4 Å². The van der Waals surface area contributed by atoms with Crippen molar-refractivity contribution in [1.82, 2.24) is 5.32 Å². The summed E-state index contributed by atoms with van der Waals surface area (Å²) < 4.78 is 13.7. The topological polar surface area (TPSA) is 105 Å². The number of nitrogens with one attached hydrogen (secondary N) is 2. The molecule has 0 saturated carbocycles. The van der Waals surface area contributed by atoms with Gasteiger partial charge in [0, 0.05) is 42.5 Å². The lowest BCUT2D eigenvalue weighted by Crippen LogP contribution is -2.43. The molecule has 158 valence electrons. The Balaban J connectivity index is 1.54. The first-order valence-corrected chi connectivity index (χ1v) is 9.69. The van der Waals surface area contributed by atoms with E-state index in [0.717, 1.165) is 0 Å². The van der Waals surface area contributed by atoms with Crippen molar-refractivity contribution in [2.75, 3.05) is 16.8 Å². The van der Waals surface area contributed by atoms with Crippen LogP contribution in [-0.2, 0) is 9.59 Å². The van der Waals surface area contributed by atoms with Crippen LogP contribution in [0.4, 0.5) is 21.5 Å². The number of halogens is 2. The molecular formula is C20H20ClFN4O4. The van der Waals surface area contributed by atoms with Crippen molar-refractivity contribution in [3.8, 4) is 0 Å². The number of nitro benzene ring substituents is 1. The summed E-state index contributed by atoms with van der Waals surface area (Å²) in [6.07, 6.45) is 0.585. The first-order chi connectivity index (χ1) is 14.2. The Labute approximate surface area is 177 Å². The molecule has 2 aromatic rings. The number of carbonyl (C=O) groups is 2. The van der Waals surface area contributed by atoms with Gasteiger partial charge in [0.15, 0.2) is 0 Å². The molecule has 1 saturated heterocycles. The highest BCUT2D eigenvalue weighted by Crippen LogP contribution is 2.26. The summed E-state index contributed by atoms with van der Waals surface area (Å²) in [4.78, 5) is 36.7. The number of non-ortho nitro benzene ring substituents is 1. The minimum absolute atomic E-state index is 0.0107. The van der Waals surface area contributed by atoms with Gasteiger partial charge in [-0.25, -0.2) is 4.39 Å². The number of hydrogen-bond donors (Lipinski definition) is 2. The maximum absolute atomic E-state index is 13.7. The molecule has 0 aromatic heterocycles. The standard InChI is InChI=1S/C20H20ClFN4O4/c1-12(9-19(27)24-13-3-2-4-15(10-13)26(29)30)23-18-7-8-25(20(18)28)14-5-6-16(21)17(22)11-14/h2-6,10-12,18,23H,7-9H2,1H3,(H,24,27)/t12-,18-/m0/s1. The van der Waals surface area contributed by atoms with Gasteiger partial charge in [0.1, 0.15) is 5.82 Å². The van der Waals surface area contributed by atoms with E-state index in [0.29, 0.717) is 24.3 Å². The zero-order valence-electron chi connectivity index (χ0n) is 16.1. The molecule has 0 spiro atoms. The van der Waals surface area contributed by atoms with Crippen LogP contribution >= 0.6 is 11.6 Å². The molecule has 2 aromatic carbocycles. The van der Waals surface area contributed by atoms with Crippen molar-refractivity contribution in [3.63, 3.8) is 0 Å². The molecule has 30 heavy (non-hydrogen) atoms. The van der Waals surface area contributed by atoms with E-state index in [9.17, 15) is 24.1 Å². The quantitative estimate of drug-likeness (QED) is 0.512. The summed E-state index contributed by atoms with van der Waals surface area (Å²) in [5, 5.41) is 16.6. The highest BCUT2D eigenvalue weighted by atomic mass is 35.5. The van der Waals surface area contributed by atoms with Crippen LogP contribution in [0.1, 0.15) is 19.8 Å². The van der Waals surface area contributed by atoms with Crippen molar-refractivity contribution in [1.29, 1.82) is 0 Å². The molecular weight excluding hydrogens is 415 g/mol. The highest BCUT2D eigenvalue weighted by molar-refractivity contribution is 6.30. The molecule has 1 fully saturated rings. The lowest BCUT2D eigenvalue weighted by Gasteiger charge is -2.20. The van der Waals surface area contributed by atoms with Gasteiger partial charge < -0.3 is 15.5 Å². The maximum Gasteiger partial charge on any atom is 0.271 e. The zero-order chi connectivity index (χ0) is 21.8. The lowest BCUT2D eigenvalue weighted by atomic mass is 10.1. The number of amides is 2. The molecule has 1 aliphatic rings. The molecule has 3 rings (SSSR count). The Morgan fingerprint density at radius 3 is 2.83 bits per heavy atom. The van der Waals surface area contributed by atoms with Crippen LogP contribution in [0.15, 0.2) is 42.5 Å². The predicted octanol–water partition coefficient (Wildman–Crippen LogP) is 3.50. The normalized spacial score (nSPS) is 17.1. The Kier molecular flexibility index (Phi) is 6.63. The van der Waals surface area contributed by atoms with Crippen LogP contribution in [0.25, 0.3) is 0 Å². The van der Waals surface area contributed by atoms with Gasteiger partial charge >= 0.3 is 0 Å². The maximum atomic E-state index is 13.7. The number of hydrogen-bond acceptors (Lipinski definition) is 5. The molecule has 2 atom stereocenters. The zero-order valence-corrected chi connectivity index (χ0v) is 16.9. The highest BCUT2D eigenvalue weighted by Gasteiger charge is 2.33. The largest absolute Gasteiger partial charge is 0.326 e. The monoisotopic (exact) mass is 434 g/mol. The molecule has 0 bridgehead atoms. The fourth-order valence-electron chi connectivity index (χ4n) is 3.33. The van der Waals surface area contributed by atoms with Crippen molar-refractivity contribution in [3.05, 3.63) is 63.4 Å². The Morgan fingerprint density at radius 2 is 2.13 bits per heavy atom. The van der Waals surface area contributed by atoms with Crippen molar-refractivity contribution in [2.45, 2.75) is 31.8 Å². The fraction of sp³-hybridized carbons (Fsp3) is 0.300. The fourth-order valence-corrected chi connectivity index (χ4v) is 3.45. The van der Waals surface area contributed by atoms with E-state index in [-0.39, 0.29) is 35.0 Å². The van der Waals surface area contributed by atoms with E-state index in [2.05, 4.69) is 10.6 Å². The third kappa shape index (κ3) is 5.11. The number of nitro groups is 1. The SMILES string of the molecule is C[C@@H](CC(=O)Nc1cccc([N+](=O)[O-])c1)N[C@H]1CCN(c2ccc(Cl)c(F)c2)C1=O. The summed E-state index contributed by atoms with van der Waals surface area (Å²) >= 11 is 5.69. The molecule has 0 aliphatic carbocycles. The van der Waals surface area contributed by atoms with Gasteiger partial charge in [-0.3, -0.25) is 19.7 Å².